The number of aromatic hydroxyl groups is 1. The fourth-order valence-electron chi connectivity index (χ4n) is 3.06. The summed E-state index contributed by atoms with van der Waals surface area (Å²) in [5.41, 5.74) is 1.06. The molecule has 6 heteroatoms. The quantitative estimate of drug-likeness (QED) is 0.884. The number of carbonyl (C=O) groups excluding carboxylic acids is 2. The first-order valence-corrected chi connectivity index (χ1v) is 8.60. The minimum Gasteiger partial charge on any atom is -0.508 e. The summed E-state index contributed by atoms with van der Waals surface area (Å²) in [5.74, 6) is 0.568. The molecule has 0 bridgehead atoms. The van der Waals surface area contributed by atoms with Gasteiger partial charge in [-0.1, -0.05) is 6.07 Å². The third-order valence-corrected chi connectivity index (χ3v) is 4.56. The second-order valence-electron chi connectivity index (χ2n) is 6.32. The van der Waals surface area contributed by atoms with E-state index in [1.807, 2.05) is 0 Å². The molecule has 6 nitrogen and oxygen atoms in total. The number of likely N-dealkylation sites (tertiary alicyclic amines) is 1. The Bertz CT molecular complexity index is 781. The number of piperidine rings is 1. The lowest BCUT2D eigenvalue weighted by Crippen LogP contribution is -2.46. The van der Waals surface area contributed by atoms with Crippen LogP contribution >= 0.6 is 0 Å². The zero-order chi connectivity index (χ0) is 18.5. The number of hydrogen-bond donors (Lipinski definition) is 2. The monoisotopic (exact) mass is 354 g/mol. The number of benzene rings is 2. The molecule has 0 aromatic heterocycles. The van der Waals surface area contributed by atoms with Crippen LogP contribution in [0.15, 0.2) is 48.5 Å². The van der Waals surface area contributed by atoms with Gasteiger partial charge in [0.05, 0.1) is 7.11 Å². The van der Waals surface area contributed by atoms with Crippen molar-refractivity contribution in [2.45, 2.75) is 18.9 Å². The highest BCUT2D eigenvalue weighted by Crippen LogP contribution is 2.18. The molecule has 2 aromatic carbocycles. The minimum atomic E-state index is -0.208. The van der Waals surface area contributed by atoms with Crippen LogP contribution in [0, 0.1) is 0 Å². The average Bonchev–Trinajstić information content (AvgIpc) is 2.68. The first-order valence-electron chi connectivity index (χ1n) is 8.60. The topological polar surface area (TPSA) is 78.9 Å². The molecule has 0 saturated carbocycles. The van der Waals surface area contributed by atoms with E-state index in [4.69, 9.17) is 4.74 Å². The van der Waals surface area contributed by atoms with Crippen molar-refractivity contribution in [1.82, 2.24) is 10.2 Å². The summed E-state index contributed by atoms with van der Waals surface area (Å²) in [6.07, 6.45) is 1.40. The van der Waals surface area contributed by atoms with Gasteiger partial charge in [-0.05, 0) is 55.3 Å². The van der Waals surface area contributed by atoms with Gasteiger partial charge in [-0.25, -0.2) is 0 Å². The molecule has 1 heterocycles. The predicted molar refractivity (Wildman–Crippen MR) is 97.5 cm³/mol. The molecule has 2 aromatic rings. The van der Waals surface area contributed by atoms with Gasteiger partial charge >= 0.3 is 0 Å². The third-order valence-electron chi connectivity index (χ3n) is 4.56. The molecular formula is C20H22N2O4. The van der Waals surface area contributed by atoms with E-state index >= 15 is 0 Å². The van der Waals surface area contributed by atoms with Crippen molar-refractivity contribution in [2.75, 3.05) is 20.2 Å². The molecule has 26 heavy (non-hydrogen) atoms. The molecule has 0 atom stereocenters. The van der Waals surface area contributed by atoms with Gasteiger partial charge in [0.2, 0.25) is 0 Å². The maximum absolute atomic E-state index is 12.6. The molecule has 0 radical (unpaired) electrons. The summed E-state index contributed by atoms with van der Waals surface area (Å²) < 4.78 is 5.11. The number of phenols is 1. The lowest BCUT2D eigenvalue weighted by Gasteiger charge is -2.32. The maximum Gasteiger partial charge on any atom is 0.253 e. The van der Waals surface area contributed by atoms with Gasteiger partial charge < -0.3 is 20.1 Å². The summed E-state index contributed by atoms with van der Waals surface area (Å²) >= 11 is 0. The molecule has 1 aliphatic rings. The van der Waals surface area contributed by atoms with E-state index in [0.29, 0.717) is 37.1 Å². The number of nitrogens with one attached hydrogen (secondary N) is 1. The molecule has 2 N–H and O–H groups in total. The fraction of sp³-hybridized carbons (Fsp3) is 0.300. The molecule has 0 unspecified atom stereocenters. The van der Waals surface area contributed by atoms with Gasteiger partial charge in [-0.2, -0.15) is 0 Å². The molecule has 1 fully saturated rings. The van der Waals surface area contributed by atoms with E-state index in [1.54, 1.807) is 48.4 Å². The largest absolute Gasteiger partial charge is 0.508 e. The first kappa shape index (κ1) is 17.8. The normalized spacial score (nSPS) is 14.7. The molecular weight excluding hydrogens is 332 g/mol. The van der Waals surface area contributed by atoms with Crippen molar-refractivity contribution < 1.29 is 19.4 Å². The van der Waals surface area contributed by atoms with Gasteiger partial charge in [0, 0.05) is 30.3 Å². The Morgan fingerprint density at radius 3 is 2.38 bits per heavy atom. The number of nitrogens with zero attached hydrogens (tertiary/aromatic N) is 1. The Balaban J connectivity index is 1.53. The highest BCUT2D eigenvalue weighted by atomic mass is 16.5. The predicted octanol–water partition coefficient (Wildman–Crippen LogP) is 2.44. The highest BCUT2D eigenvalue weighted by Gasteiger charge is 2.25. The van der Waals surface area contributed by atoms with Crippen molar-refractivity contribution >= 4 is 11.8 Å². The Morgan fingerprint density at radius 2 is 1.77 bits per heavy atom. The van der Waals surface area contributed by atoms with Crippen LogP contribution in [0.25, 0.3) is 0 Å². The zero-order valence-electron chi connectivity index (χ0n) is 14.6. The van der Waals surface area contributed by atoms with Gasteiger partial charge in [-0.3, -0.25) is 9.59 Å². The van der Waals surface area contributed by atoms with E-state index < -0.39 is 0 Å². The first-order chi connectivity index (χ1) is 12.6. The Hall–Kier alpha value is -3.02. The maximum atomic E-state index is 12.6. The Morgan fingerprint density at radius 1 is 1.08 bits per heavy atom. The van der Waals surface area contributed by atoms with Crippen molar-refractivity contribution in [2.24, 2.45) is 0 Å². The van der Waals surface area contributed by atoms with Crippen molar-refractivity contribution in [3.63, 3.8) is 0 Å². The second kappa shape index (κ2) is 7.91. The summed E-state index contributed by atoms with van der Waals surface area (Å²) in [6, 6.07) is 13.4. The molecule has 2 amide bonds. The number of rotatable bonds is 4. The molecule has 0 aliphatic carbocycles. The van der Waals surface area contributed by atoms with E-state index in [0.717, 1.165) is 5.75 Å². The fourth-order valence-corrected chi connectivity index (χ4v) is 3.06. The Labute approximate surface area is 152 Å². The molecule has 136 valence electrons. The number of hydrogen-bond acceptors (Lipinski definition) is 4. The SMILES string of the molecule is COc1ccc(C(=O)N2CCC(NC(=O)c3cccc(O)c3)CC2)cc1. The van der Waals surface area contributed by atoms with Crippen molar-refractivity contribution in [1.29, 1.82) is 0 Å². The summed E-state index contributed by atoms with van der Waals surface area (Å²) in [7, 11) is 1.59. The second-order valence-corrected chi connectivity index (χ2v) is 6.32. The lowest BCUT2D eigenvalue weighted by atomic mass is 10.0. The Kier molecular flexibility index (Phi) is 5.41. The van der Waals surface area contributed by atoms with Crippen LogP contribution in [0.1, 0.15) is 33.6 Å². The summed E-state index contributed by atoms with van der Waals surface area (Å²) in [6.45, 7) is 1.19. The van der Waals surface area contributed by atoms with Crippen molar-refractivity contribution in [3.05, 3.63) is 59.7 Å². The van der Waals surface area contributed by atoms with Crippen LogP contribution in [0.5, 0.6) is 11.5 Å². The minimum absolute atomic E-state index is 0.00888. The van der Waals surface area contributed by atoms with E-state index in [1.165, 1.54) is 12.1 Å². The lowest BCUT2D eigenvalue weighted by molar-refractivity contribution is 0.0698. The molecule has 0 spiro atoms. The van der Waals surface area contributed by atoms with Crippen molar-refractivity contribution in [3.8, 4) is 11.5 Å². The molecule has 3 rings (SSSR count). The van der Waals surface area contributed by atoms with Gasteiger partial charge in [0.15, 0.2) is 0 Å². The van der Waals surface area contributed by atoms with Crippen LogP contribution < -0.4 is 10.1 Å². The van der Waals surface area contributed by atoms with Crippen LogP contribution in [-0.2, 0) is 0 Å². The molecule has 1 saturated heterocycles. The van der Waals surface area contributed by atoms with Crippen LogP contribution in [0.2, 0.25) is 0 Å². The summed E-state index contributed by atoms with van der Waals surface area (Å²) in [5, 5.41) is 12.4. The average molecular weight is 354 g/mol. The standard InChI is InChI=1S/C20H22N2O4/c1-26-18-7-5-14(6-8-18)20(25)22-11-9-16(10-12-22)21-19(24)15-3-2-4-17(23)13-15/h2-8,13,16,23H,9-12H2,1H3,(H,21,24). The van der Waals surface area contributed by atoms with E-state index in [-0.39, 0.29) is 23.6 Å². The summed E-state index contributed by atoms with van der Waals surface area (Å²) in [4.78, 5) is 26.6. The zero-order valence-corrected chi connectivity index (χ0v) is 14.6. The van der Waals surface area contributed by atoms with E-state index in [9.17, 15) is 14.7 Å². The van der Waals surface area contributed by atoms with Crippen LogP contribution in [-0.4, -0.2) is 48.1 Å². The number of carbonyl (C=O) groups is 2. The smallest absolute Gasteiger partial charge is 0.253 e. The number of phenolic OH excluding ortho intramolecular Hbond substituents is 1. The van der Waals surface area contributed by atoms with Gasteiger partial charge in [0.25, 0.3) is 11.8 Å². The molecule has 1 aliphatic heterocycles. The van der Waals surface area contributed by atoms with E-state index in [2.05, 4.69) is 5.32 Å². The highest BCUT2D eigenvalue weighted by molar-refractivity contribution is 5.95. The third kappa shape index (κ3) is 4.14. The number of methoxy groups -OCH3 is 1. The van der Waals surface area contributed by atoms with Crippen LogP contribution in [0.4, 0.5) is 0 Å². The number of amides is 2. The van der Waals surface area contributed by atoms with Gasteiger partial charge in [0.1, 0.15) is 11.5 Å². The van der Waals surface area contributed by atoms with Crippen LogP contribution in [0.3, 0.4) is 0 Å². The number of ether oxygens (including phenoxy) is 1. The van der Waals surface area contributed by atoms with Gasteiger partial charge in [-0.15, -0.1) is 0 Å².